The Morgan fingerprint density at radius 3 is 2.68 bits per heavy atom. The summed E-state index contributed by atoms with van der Waals surface area (Å²) in [5.41, 5.74) is 4.24. The molecule has 0 fully saturated rings. The maximum atomic E-state index is 6.57. The fourth-order valence-corrected chi connectivity index (χ4v) is 3.91. The third-order valence-electron chi connectivity index (χ3n) is 4.85. The Balaban J connectivity index is 2.41. The number of halogens is 1. The van der Waals surface area contributed by atoms with Crippen LogP contribution in [0.4, 0.5) is 5.69 Å². The van der Waals surface area contributed by atoms with Crippen LogP contribution < -0.4 is 10.2 Å². The molecule has 1 aromatic carbocycles. The van der Waals surface area contributed by atoms with Crippen LogP contribution in [-0.2, 0) is 6.54 Å². The SMILES string of the molecule is CCCCN1c2cc(Cl)c(CNCC)cc2[C@H](C)CC1(C)C. The molecule has 2 rings (SSSR count). The molecule has 0 aromatic heterocycles. The third-order valence-corrected chi connectivity index (χ3v) is 5.21. The number of rotatable bonds is 6. The highest BCUT2D eigenvalue weighted by Crippen LogP contribution is 2.45. The summed E-state index contributed by atoms with van der Waals surface area (Å²) in [6, 6.07) is 4.54. The van der Waals surface area contributed by atoms with Crippen molar-refractivity contribution < 1.29 is 0 Å². The number of nitrogens with one attached hydrogen (secondary N) is 1. The maximum absolute atomic E-state index is 6.57. The van der Waals surface area contributed by atoms with Crippen LogP contribution in [0.2, 0.25) is 5.02 Å². The number of fused-ring (bicyclic) bond motifs is 1. The fourth-order valence-electron chi connectivity index (χ4n) is 3.69. The molecule has 1 aromatic rings. The third kappa shape index (κ3) is 3.60. The standard InChI is InChI=1S/C19H31ClN2/c1-6-8-9-22-18-11-17(20)15(13-21-7-2)10-16(18)14(3)12-19(22,4)5/h10-11,14,21H,6-9,12-13H2,1-5H3/t14-/m1/s1. The zero-order chi connectivity index (χ0) is 16.3. The second-order valence-corrected chi connectivity index (χ2v) is 7.61. The number of unbranched alkanes of at least 4 members (excludes halogenated alkanes) is 1. The van der Waals surface area contributed by atoms with Gasteiger partial charge in [-0.2, -0.15) is 0 Å². The topological polar surface area (TPSA) is 15.3 Å². The van der Waals surface area contributed by atoms with Gasteiger partial charge in [-0.1, -0.05) is 44.9 Å². The highest BCUT2D eigenvalue weighted by Gasteiger charge is 2.36. The first-order valence-electron chi connectivity index (χ1n) is 8.71. The van der Waals surface area contributed by atoms with Gasteiger partial charge in [0.05, 0.1) is 0 Å². The Hall–Kier alpha value is -0.730. The van der Waals surface area contributed by atoms with Crippen molar-refractivity contribution in [3.63, 3.8) is 0 Å². The molecule has 0 radical (unpaired) electrons. The van der Waals surface area contributed by atoms with E-state index in [4.69, 9.17) is 11.6 Å². The monoisotopic (exact) mass is 322 g/mol. The zero-order valence-corrected chi connectivity index (χ0v) is 15.6. The summed E-state index contributed by atoms with van der Waals surface area (Å²) in [6.07, 6.45) is 3.66. The summed E-state index contributed by atoms with van der Waals surface area (Å²) >= 11 is 6.57. The van der Waals surface area contributed by atoms with Crippen LogP contribution in [0.5, 0.6) is 0 Å². The molecule has 0 bridgehead atoms. The molecule has 1 heterocycles. The number of hydrogen-bond donors (Lipinski definition) is 1. The summed E-state index contributed by atoms with van der Waals surface area (Å²) < 4.78 is 0. The summed E-state index contributed by atoms with van der Waals surface area (Å²) in [5, 5.41) is 4.29. The first-order chi connectivity index (χ1) is 10.4. The van der Waals surface area contributed by atoms with Crippen molar-refractivity contribution >= 4 is 17.3 Å². The Morgan fingerprint density at radius 2 is 2.05 bits per heavy atom. The van der Waals surface area contributed by atoms with Crippen molar-refractivity contribution in [2.75, 3.05) is 18.0 Å². The molecule has 2 nitrogen and oxygen atoms in total. The molecule has 0 aliphatic carbocycles. The first kappa shape index (κ1) is 17.6. The summed E-state index contributed by atoms with van der Waals surface area (Å²) in [7, 11) is 0. The van der Waals surface area contributed by atoms with Crippen molar-refractivity contribution in [2.24, 2.45) is 0 Å². The Labute approximate surface area is 141 Å². The van der Waals surface area contributed by atoms with Crippen LogP contribution in [0, 0.1) is 0 Å². The van der Waals surface area contributed by atoms with Crippen molar-refractivity contribution in [3.8, 4) is 0 Å². The van der Waals surface area contributed by atoms with Gasteiger partial charge >= 0.3 is 0 Å². The number of nitrogens with zero attached hydrogens (tertiary/aromatic N) is 1. The zero-order valence-electron chi connectivity index (χ0n) is 14.8. The van der Waals surface area contributed by atoms with E-state index in [0.717, 1.165) is 24.7 Å². The molecule has 0 amide bonds. The minimum Gasteiger partial charge on any atom is -0.366 e. The van der Waals surface area contributed by atoms with Gasteiger partial charge in [-0.3, -0.25) is 0 Å². The number of anilines is 1. The van der Waals surface area contributed by atoms with Gasteiger partial charge in [0, 0.05) is 29.3 Å². The van der Waals surface area contributed by atoms with E-state index in [2.05, 4.69) is 57.0 Å². The van der Waals surface area contributed by atoms with Crippen LogP contribution in [0.1, 0.15) is 70.9 Å². The largest absolute Gasteiger partial charge is 0.366 e. The lowest BCUT2D eigenvalue weighted by Crippen LogP contribution is -2.48. The Morgan fingerprint density at radius 1 is 1.32 bits per heavy atom. The quantitative estimate of drug-likeness (QED) is 0.760. The first-order valence-corrected chi connectivity index (χ1v) is 9.09. The van der Waals surface area contributed by atoms with E-state index in [1.54, 1.807) is 0 Å². The lowest BCUT2D eigenvalue weighted by Gasteiger charge is -2.48. The van der Waals surface area contributed by atoms with Gasteiger partial charge in [0.15, 0.2) is 0 Å². The molecular weight excluding hydrogens is 292 g/mol. The minimum absolute atomic E-state index is 0.202. The average Bonchev–Trinajstić information content (AvgIpc) is 2.44. The van der Waals surface area contributed by atoms with Gasteiger partial charge in [0.25, 0.3) is 0 Å². The van der Waals surface area contributed by atoms with E-state index in [1.165, 1.54) is 36.1 Å². The fraction of sp³-hybridized carbons (Fsp3) is 0.684. The van der Waals surface area contributed by atoms with Crippen molar-refractivity contribution in [1.29, 1.82) is 0 Å². The average molecular weight is 323 g/mol. The van der Waals surface area contributed by atoms with E-state index in [9.17, 15) is 0 Å². The second kappa shape index (κ2) is 7.23. The summed E-state index contributed by atoms with van der Waals surface area (Å²) in [5.74, 6) is 0.584. The molecule has 0 unspecified atom stereocenters. The smallest absolute Gasteiger partial charge is 0.0471 e. The second-order valence-electron chi connectivity index (χ2n) is 7.21. The van der Waals surface area contributed by atoms with E-state index >= 15 is 0 Å². The molecule has 124 valence electrons. The van der Waals surface area contributed by atoms with E-state index in [0.29, 0.717) is 5.92 Å². The Kier molecular flexibility index (Phi) is 5.79. The highest BCUT2D eigenvalue weighted by molar-refractivity contribution is 6.31. The number of hydrogen-bond acceptors (Lipinski definition) is 2. The van der Waals surface area contributed by atoms with Gasteiger partial charge < -0.3 is 10.2 Å². The molecule has 22 heavy (non-hydrogen) atoms. The molecule has 0 saturated heterocycles. The molecular formula is C19H31ClN2. The van der Waals surface area contributed by atoms with Crippen LogP contribution in [0.3, 0.4) is 0 Å². The van der Waals surface area contributed by atoms with Crippen LogP contribution in [-0.4, -0.2) is 18.6 Å². The van der Waals surface area contributed by atoms with Crippen LogP contribution in [0.25, 0.3) is 0 Å². The predicted molar refractivity (Wildman–Crippen MR) is 98.2 cm³/mol. The molecule has 0 spiro atoms. The van der Waals surface area contributed by atoms with Gasteiger partial charge in [0.2, 0.25) is 0 Å². The van der Waals surface area contributed by atoms with Gasteiger partial charge in [-0.25, -0.2) is 0 Å². The molecule has 1 atom stereocenters. The molecule has 1 aliphatic rings. The minimum atomic E-state index is 0.202. The molecule has 1 aliphatic heterocycles. The van der Waals surface area contributed by atoms with Crippen molar-refractivity contribution in [3.05, 3.63) is 28.3 Å². The number of benzene rings is 1. The van der Waals surface area contributed by atoms with Gasteiger partial charge in [-0.05, 0) is 56.3 Å². The van der Waals surface area contributed by atoms with E-state index in [1.807, 2.05) is 0 Å². The van der Waals surface area contributed by atoms with Crippen LogP contribution in [0.15, 0.2) is 12.1 Å². The molecule has 1 N–H and O–H groups in total. The van der Waals surface area contributed by atoms with E-state index in [-0.39, 0.29) is 5.54 Å². The molecule has 3 heteroatoms. The Bertz CT molecular complexity index is 510. The molecule has 0 saturated carbocycles. The van der Waals surface area contributed by atoms with Gasteiger partial charge in [-0.15, -0.1) is 0 Å². The van der Waals surface area contributed by atoms with E-state index < -0.39 is 0 Å². The van der Waals surface area contributed by atoms with Crippen molar-refractivity contribution in [1.82, 2.24) is 5.32 Å². The highest BCUT2D eigenvalue weighted by atomic mass is 35.5. The normalized spacial score (nSPS) is 20.1. The lowest BCUT2D eigenvalue weighted by molar-refractivity contribution is 0.373. The summed E-state index contributed by atoms with van der Waals surface area (Å²) in [4.78, 5) is 2.58. The lowest BCUT2D eigenvalue weighted by atomic mass is 9.79. The summed E-state index contributed by atoms with van der Waals surface area (Å²) in [6.45, 7) is 14.4. The predicted octanol–water partition coefficient (Wildman–Crippen LogP) is 5.34. The maximum Gasteiger partial charge on any atom is 0.0471 e. The van der Waals surface area contributed by atoms with Gasteiger partial charge in [0.1, 0.15) is 0 Å². The van der Waals surface area contributed by atoms with Crippen LogP contribution >= 0.6 is 11.6 Å². The van der Waals surface area contributed by atoms with Crippen molar-refractivity contribution in [2.45, 2.75) is 71.9 Å².